The summed E-state index contributed by atoms with van der Waals surface area (Å²) in [6.07, 6.45) is 3.39. The molecule has 1 aromatic rings. The molecule has 2 amide bonds. The Morgan fingerprint density at radius 2 is 2.20 bits per heavy atom. The Bertz CT molecular complexity index is 642. The van der Waals surface area contributed by atoms with Gasteiger partial charge in [0.15, 0.2) is 5.89 Å². The molecule has 7 nitrogen and oxygen atoms in total. The van der Waals surface area contributed by atoms with E-state index in [9.17, 15) is 9.59 Å². The van der Waals surface area contributed by atoms with Crippen molar-refractivity contribution in [3.63, 3.8) is 0 Å². The van der Waals surface area contributed by atoms with Gasteiger partial charge in [0.1, 0.15) is 0 Å². The molecule has 3 rings (SSSR count). The van der Waals surface area contributed by atoms with Gasteiger partial charge in [-0.3, -0.25) is 9.59 Å². The lowest BCUT2D eigenvalue weighted by atomic mass is 9.83. The summed E-state index contributed by atoms with van der Waals surface area (Å²) in [5.74, 6) is 1.31. The molecular weight excluding hydrogens is 322 g/mol. The highest BCUT2D eigenvalue weighted by Gasteiger charge is 2.40. The van der Waals surface area contributed by atoms with Crippen LogP contribution >= 0.6 is 0 Å². The summed E-state index contributed by atoms with van der Waals surface area (Å²) in [6, 6.07) is 0.180. The normalized spacial score (nSPS) is 23.7. The fourth-order valence-corrected chi connectivity index (χ4v) is 4.01. The third-order valence-electron chi connectivity index (χ3n) is 5.33. The predicted molar refractivity (Wildman–Crippen MR) is 91.1 cm³/mol. The molecule has 0 radical (unpaired) electrons. The lowest BCUT2D eigenvalue weighted by molar-refractivity contribution is -0.140. The van der Waals surface area contributed by atoms with Gasteiger partial charge in [-0.05, 0) is 32.1 Å². The van der Waals surface area contributed by atoms with E-state index < -0.39 is 0 Å². The molecule has 0 spiro atoms. The van der Waals surface area contributed by atoms with Crippen LogP contribution in [-0.2, 0) is 11.2 Å². The second-order valence-electron chi connectivity index (χ2n) is 6.95. The van der Waals surface area contributed by atoms with Crippen molar-refractivity contribution in [2.75, 3.05) is 26.2 Å². The second kappa shape index (κ2) is 7.56. The van der Waals surface area contributed by atoms with E-state index in [1.807, 2.05) is 16.7 Å². The molecule has 2 atom stereocenters. The zero-order chi connectivity index (χ0) is 18.0. The van der Waals surface area contributed by atoms with Crippen LogP contribution in [0.15, 0.2) is 4.42 Å². The van der Waals surface area contributed by atoms with Gasteiger partial charge < -0.3 is 19.3 Å². The minimum absolute atomic E-state index is 0.0936. The van der Waals surface area contributed by atoms with Crippen LogP contribution in [0.5, 0.6) is 0 Å². The zero-order valence-electron chi connectivity index (χ0n) is 15.0. The van der Waals surface area contributed by atoms with E-state index in [-0.39, 0.29) is 24.5 Å². The quantitative estimate of drug-likeness (QED) is 0.868. The number of aryl methyl sites for hydroxylation is 2. The van der Waals surface area contributed by atoms with Gasteiger partial charge in [0.05, 0.1) is 5.69 Å². The molecule has 0 aromatic carbocycles. The summed E-state index contributed by atoms with van der Waals surface area (Å²) in [7, 11) is 0. The van der Waals surface area contributed by atoms with E-state index in [0.717, 1.165) is 12.8 Å². The summed E-state index contributed by atoms with van der Waals surface area (Å²) >= 11 is 0. The van der Waals surface area contributed by atoms with Gasteiger partial charge >= 0.3 is 0 Å². The van der Waals surface area contributed by atoms with E-state index in [1.54, 1.807) is 6.92 Å². The van der Waals surface area contributed by atoms with Gasteiger partial charge in [-0.25, -0.2) is 4.98 Å². The number of aliphatic hydroxyl groups is 1. The number of amides is 2. The van der Waals surface area contributed by atoms with Crippen molar-refractivity contribution in [2.24, 2.45) is 5.92 Å². The minimum atomic E-state index is -0.0954. The molecule has 2 aliphatic rings. The Labute approximate surface area is 148 Å². The second-order valence-corrected chi connectivity index (χ2v) is 6.95. The predicted octanol–water partition coefficient (Wildman–Crippen LogP) is 1.38. The maximum absolute atomic E-state index is 12.8. The molecule has 7 heteroatoms. The van der Waals surface area contributed by atoms with E-state index in [0.29, 0.717) is 62.2 Å². The number of piperidine rings is 2. The average Bonchev–Trinajstić information content (AvgIpc) is 3.01. The third-order valence-corrected chi connectivity index (χ3v) is 5.33. The van der Waals surface area contributed by atoms with Crippen molar-refractivity contribution in [3.8, 4) is 0 Å². The van der Waals surface area contributed by atoms with Gasteiger partial charge in [0.2, 0.25) is 11.7 Å². The maximum Gasteiger partial charge on any atom is 0.291 e. The van der Waals surface area contributed by atoms with Crippen molar-refractivity contribution < 1.29 is 19.1 Å². The first-order valence-electron chi connectivity index (χ1n) is 9.21. The van der Waals surface area contributed by atoms with Crippen LogP contribution in [0.2, 0.25) is 0 Å². The minimum Gasteiger partial charge on any atom is -0.435 e. The smallest absolute Gasteiger partial charge is 0.291 e. The van der Waals surface area contributed by atoms with Crippen molar-refractivity contribution in [2.45, 2.75) is 52.0 Å². The Morgan fingerprint density at radius 1 is 1.40 bits per heavy atom. The lowest BCUT2D eigenvalue weighted by Gasteiger charge is -2.47. The summed E-state index contributed by atoms with van der Waals surface area (Å²) in [5.41, 5.74) is 0.646. The molecule has 2 aliphatic heterocycles. The SMILES string of the molecule is CCc1nc(C)c(C(=O)N2CC[C@@H]3[C@@H](CCC(=O)N3CCCO)C2)o1. The number of carbonyl (C=O) groups is 2. The highest BCUT2D eigenvalue weighted by Crippen LogP contribution is 2.32. The molecule has 2 fully saturated rings. The number of rotatable bonds is 5. The van der Waals surface area contributed by atoms with Crippen LogP contribution < -0.4 is 0 Å². The fraction of sp³-hybridized carbons (Fsp3) is 0.722. The zero-order valence-corrected chi connectivity index (χ0v) is 15.0. The summed E-state index contributed by atoms with van der Waals surface area (Å²) < 4.78 is 5.61. The van der Waals surface area contributed by atoms with Gasteiger partial charge in [0, 0.05) is 45.1 Å². The summed E-state index contributed by atoms with van der Waals surface area (Å²) in [4.78, 5) is 33.1. The number of aromatic nitrogens is 1. The highest BCUT2D eigenvalue weighted by molar-refractivity contribution is 5.92. The highest BCUT2D eigenvalue weighted by atomic mass is 16.4. The molecule has 3 heterocycles. The Kier molecular flexibility index (Phi) is 5.42. The molecule has 0 aliphatic carbocycles. The van der Waals surface area contributed by atoms with Crippen LogP contribution in [0.25, 0.3) is 0 Å². The molecule has 138 valence electrons. The van der Waals surface area contributed by atoms with E-state index in [4.69, 9.17) is 9.52 Å². The number of carbonyl (C=O) groups excluding carboxylic acids is 2. The molecule has 1 aromatic heterocycles. The number of nitrogens with zero attached hydrogens (tertiary/aromatic N) is 3. The number of oxazole rings is 1. The maximum atomic E-state index is 12.8. The molecule has 0 saturated carbocycles. The Balaban J connectivity index is 1.69. The average molecular weight is 349 g/mol. The first-order chi connectivity index (χ1) is 12.0. The van der Waals surface area contributed by atoms with Gasteiger partial charge in [-0.2, -0.15) is 0 Å². The molecule has 0 unspecified atom stereocenters. The van der Waals surface area contributed by atoms with Crippen LogP contribution in [0.3, 0.4) is 0 Å². The van der Waals surface area contributed by atoms with E-state index in [2.05, 4.69) is 4.98 Å². The van der Waals surface area contributed by atoms with Crippen molar-refractivity contribution in [3.05, 3.63) is 17.3 Å². The van der Waals surface area contributed by atoms with Crippen molar-refractivity contribution >= 4 is 11.8 Å². The lowest BCUT2D eigenvalue weighted by Crippen LogP contribution is -2.57. The number of likely N-dealkylation sites (tertiary alicyclic amines) is 2. The van der Waals surface area contributed by atoms with Crippen LogP contribution in [0.1, 0.15) is 54.7 Å². The Morgan fingerprint density at radius 3 is 2.88 bits per heavy atom. The summed E-state index contributed by atoms with van der Waals surface area (Å²) in [5, 5.41) is 9.06. The molecule has 1 N–H and O–H groups in total. The van der Waals surface area contributed by atoms with Crippen LogP contribution in [0.4, 0.5) is 0 Å². The Hall–Kier alpha value is -1.89. The first kappa shape index (κ1) is 17.9. The van der Waals surface area contributed by atoms with Crippen molar-refractivity contribution in [1.29, 1.82) is 0 Å². The number of hydrogen-bond donors (Lipinski definition) is 1. The van der Waals surface area contributed by atoms with E-state index in [1.165, 1.54) is 0 Å². The number of fused-ring (bicyclic) bond motifs is 1. The van der Waals surface area contributed by atoms with Crippen LogP contribution in [-0.4, -0.2) is 64.0 Å². The molecule has 25 heavy (non-hydrogen) atoms. The van der Waals surface area contributed by atoms with E-state index >= 15 is 0 Å². The number of hydrogen-bond acceptors (Lipinski definition) is 5. The topological polar surface area (TPSA) is 86.9 Å². The van der Waals surface area contributed by atoms with Crippen LogP contribution in [0, 0.1) is 12.8 Å². The van der Waals surface area contributed by atoms with Gasteiger partial charge in [-0.1, -0.05) is 6.92 Å². The molecule has 2 saturated heterocycles. The largest absolute Gasteiger partial charge is 0.435 e. The summed E-state index contributed by atoms with van der Waals surface area (Å²) in [6.45, 7) is 5.71. The fourth-order valence-electron chi connectivity index (χ4n) is 4.01. The van der Waals surface area contributed by atoms with Gasteiger partial charge in [0.25, 0.3) is 5.91 Å². The monoisotopic (exact) mass is 349 g/mol. The van der Waals surface area contributed by atoms with Gasteiger partial charge in [-0.15, -0.1) is 0 Å². The standard InChI is InChI=1S/C18H27N3O4/c1-3-15-19-12(2)17(25-15)18(24)20-9-7-14-13(11-20)5-6-16(23)21(14)8-4-10-22/h13-14,22H,3-11H2,1-2H3/t13-,14+/m0/s1. The molecular formula is C18H27N3O4. The number of aliphatic hydroxyl groups excluding tert-OH is 1. The third kappa shape index (κ3) is 3.56. The molecule has 0 bridgehead atoms. The first-order valence-corrected chi connectivity index (χ1v) is 9.21. The van der Waals surface area contributed by atoms with Crippen molar-refractivity contribution in [1.82, 2.24) is 14.8 Å².